The van der Waals surface area contributed by atoms with E-state index in [2.05, 4.69) is 38.8 Å². The molecule has 2 rings (SSSR count). The van der Waals surface area contributed by atoms with Crippen molar-refractivity contribution in [1.29, 1.82) is 0 Å². The second-order valence-corrected chi connectivity index (χ2v) is 5.41. The summed E-state index contributed by atoms with van der Waals surface area (Å²) in [6, 6.07) is 12.2. The van der Waals surface area contributed by atoms with Gasteiger partial charge in [0.25, 0.3) is 0 Å². The molecule has 0 N–H and O–H groups in total. The van der Waals surface area contributed by atoms with E-state index in [1.54, 1.807) is 12.1 Å². The van der Waals surface area contributed by atoms with Crippen LogP contribution in [-0.4, -0.2) is 0 Å². The third-order valence-electron chi connectivity index (χ3n) is 2.80. The van der Waals surface area contributed by atoms with Crippen molar-refractivity contribution in [3.05, 3.63) is 76.0 Å². The molecule has 4 heteroatoms. The number of hydrogen-bond donors (Lipinski definition) is 0. The van der Waals surface area contributed by atoms with Crippen LogP contribution in [0.25, 0.3) is 5.57 Å². The smallest absolute Gasteiger partial charge is 0.123 e. The highest BCUT2D eigenvalue weighted by Crippen LogP contribution is 2.28. The Labute approximate surface area is 128 Å². The van der Waals surface area contributed by atoms with Crippen LogP contribution in [0.3, 0.4) is 0 Å². The molecule has 0 heterocycles. The Balaban J connectivity index is 2.40. The lowest BCUT2D eigenvalue weighted by molar-refractivity contribution is 0.387. The first kappa shape index (κ1) is 14.4. The highest BCUT2D eigenvalue weighted by Gasteiger charge is 2.09. The molecule has 0 unspecified atom stereocenters. The fourth-order valence-corrected chi connectivity index (χ4v) is 2.50. The summed E-state index contributed by atoms with van der Waals surface area (Å²) < 4.78 is 18.9. The zero-order valence-corrected chi connectivity index (χ0v) is 13.2. The minimum atomic E-state index is -0.253. The molecule has 0 aromatic heterocycles. The number of hydrogen-bond acceptors (Lipinski definition) is 1. The standard InChI is InChI=1S/C15H11Br2FO/c1-10(11-2-5-14(18)6-3-11)15-7-4-13(16)8-12(15)9-19-17/h2-8H,1,9H2. The van der Waals surface area contributed by atoms with Crippen LogP contribution in [0.1, 0.15) is 16.7 Å². The molecule has 2 aromatic carbocycles. The van der Waals surface area contributed by atoms with Crippen LogP contribution in [0.2, 0.25) is 0 Å². The number of halogens is 3. The van der Waals surface area contributed by atoms with E-state index in [0.29, 0.717) is 6.61 Å². The molecule has 0 saturated carbocycles. The maximum Gasteiger partial charge on any atom is 0.123 e. The first-order chi connectivity index (χ1) is 9.11. The summed E-state index contributed by atoms with van der Waals surface area (Å²) in [6.45, 7) is 4.51. The van der Waals surface area contributed by atoms with Crippen molar-refractivity contribution in [2.75, 3.05) is 0 Å². The summed E-state index contributed by atoms with van der Waals surface area (Å²) in [5.41, 5.74) is 3.71. The molecule has 0 saturated heterocycles. The van der Waals surface area contributed by atoms with Crippen LogP contribution in [-0.2, 0) is 10.4 Å². The second-order valence-electron chi connectivity index (χ2n) is 4.04. The summed E-state index contributed by atoms with van der Waals surface area (Å²) in [5.74, 6) is -0.253. The molecule has 0 aliphatic carbocycles. The fraction of sp³-hybridized carbons (Fsp3) is 0.0667. The SMILES string of the molecule is C=C(c1ccc(F)cc1)c1ccc(Br)cc1COBr. The molecule has 19 heavy (non-hydrogen) atoms. The first-order valence-electron chi connectivity index (χ1n) is 5.59. The van der Waals surface area contributed by atoms with Crippen molar-refractivity contribution in [3.8, 4) is 0 Å². The highest BCUT2D eigenvalue weighted by atomic mass is 79.9. The average molecular weight is 386 g/mol. The van der Waals surface area contributed by atoms with Crippen molar-refractivity contribution in [3.63, 3.8) is 0 Å². The fourth-order valence-electron chi connectivity index (χ4n) is 1.84. The summed E-state index contributed by atoms with van der Waals surface area (Å²) in [4.78, 5) is 0. The summed E-state index contributed by atoms with van der Waals surface area (Å²) >= 11 is 6.40. The van der Waals surface area contributed by atoms with Crippen molar-refractivity contribution >= 4 is 37.8 Å². The Morgan fingerprint density at radius 3 is 2.47 bits per heavy atom. The molecule has 1 nitrogen and oxygen atoms in total. The predicted molar refractivity (Wildman–Crippen MR) is 82.4 cm³/mol. The van der Waals surface area contributed by atoms with Gasteiger partial charge in [-0.25, -0.2) is 4.39 Å². The van der Waals surface area contributed by atoms with Gasteiger partial charge in [-0.1, -0.05) is 40.7 Å². The molecule has 0 amide bonds. The number of benzene rings is 2. The third-order valence-corrected chi connectivity index (χ3v) is 3.52. The van der Waals surface area contributed by atoms with E-state index in [9.17, 15) is 4.39 Å². The van der Waals surface area contributed by atoms with Gasteiger partial charge in [0.15, 0.2) is 0 Å². The van der Waals surface area contributed by atoms with E-state index in [0.717, 1.165) is 26.7 Å². The van der Waals surface area contributed by atoms with E-state index in [1.807, 2.05) is 18.2 Å². The normalized spacial score (nSPS) is 10.5. The van der Waals surface area contributed by atoms with Crippen LogP contribution in [0, 0.1) is 5.82 Å². The van der Waals surface area contributed by atoms with Crippen LogP contribution in [0.15, 0.2) is 53.5 Å². The zero-order chi connectivity index (χ0) is 13.8. The maximum atomic E-state index is 12.9. The Hall–Kier alpha value is -0.970. The summed E-state index contributed by atoms with van der Waals surface area (Å²) in [5, 5.41) is 0. The maximum absolute atomic E-state index is 12.9. The zero-order valence-electron chi connectivity index (χ0n) is 10.00. The Bertz CT molecular complexity index is 594. The van der Waals surface area contributed by atoms with Crippen molar-refractivity contribution < 1.29 is 8.22 Å². The van der Waals surface area contributed by atoms with E-state index in [4.69, 9.17) is 3.83 Å². The molecule has 0 radical (unpaired) electrons. The van der Waals surface area contributed by atoms with Gasteiger partial charge in [0.1, 0.15) is 5.82 Å². The molecular formula is C15H11Br2FO. The molecule has 0 aliphatic rings. The Morgan fingerprint density at radius 1 is 1.16 bits per heavy atom. The van der Waals surface area contributed by atoms with Gasteiger partial charge in [-0.3, -0.25) is 0 Å². The van der Waals surface area contributed by atoms with E-state index in [1.165, 1.54) is 12.1 Å². The third kappa shape index (κ3) is 3.53. The molecule has 0 atom stereocenters. The van der Waals surface area contributed by atoms with Gasteiger partial charge in [0.05, 0.1) is 22.9 Å². The van der Waals surface area contributed by atoms with Crippen LogP contribution in [0.4, 0.5) is 4.39 Å². The predicted octanol–water partition coefficient (Wildman–Crippen LogP) is 5.48. The first-order valence-corrected chi connectivity index (χ1v) is 7.03. The van der Waals surface area contributed by atoms with Crippen molar-refractivity contribution in [1.82, 2.24) is 0 Å². The van der Waals surface area contributed by atoms with Gasteiger partial charge in [-0.05, 0) is 46.5 Å². The van der Waals surface area contributed by atoms with Gasteiger partial charge < -0.3 is 3.83 Å². The summed E-state index contributed by atoms with van der Waals surface area (Å²) in [6.07, 6.45) is 0. The van der Waals surface area contributed by atoms with Crippen LogP contribution in [0.5, 0.6) is 0 Å². The molecule has 98 valence electrons. The Morgan fingerprint density at radius 2 is 1.84 bits per heavy atom. The second kappa shape index (κ2) is 6.46. The van der Waals surface area contributed by atoms with E-state index < -0.39 is 0 Å². The quantitative estimate of drug-likeness (QED) is 0.677. The van der Waals surface area contributed by atoms with Gasteiger partial charge in [0.2, 0.25) is 0 Å². The average Bonchev–Trinajstić information content (AvgIpc) is 2.39. The van der Waals surface area contributed by atoms with E-state index in [-0.39, 0.29) is 5.82 Å². The monoisotopic (exact) mass is 384 g/mol. The lowest BCUT2D eigenvalue weighted by Crippen LogP contribution is -1.95. The lowest BCUT2D eigenvalue weighted by Gasteiger charge is -2.12. The minimum Gasteiger partial charge on any atom is -0.303 e. The topological polar surface area (TPSA) is 9.23 Å². The molecule has 0 aliphatic heterocycles. The number of rotatable bonds is 4. The van der Waals surface area contributed by atoms with Crippen LogP contribution < -0.4 is 0 Å². The van der Waals surface area contributed by atoms with Crippen LogP contribution >= 0.6 is 32.2 Å². The highest BCUT2D eigenvalue weighted by molar-refractivity contribution is 9.10. The molecule has 2 aromatic rings. The van der Waals surface area contributed by atoms with Gasteiger partial charge >= 0.3 is 0 Å². The van der Waals surface area contributed by atoms with Gasteiger partial charge in [0, 0.05) is 4.47 Å². The lowest BCUT2D eigenvalue weighted by atomic mass is 9.95. The molecule has 0 fully saturated rings. The van der Waals surface area contributed by atoms with Crippen molar-refractivity contribution in [2.24, 2.45) is 0 Å². The minimum absolute atomic E-state index is 0.253. The molecular weight excluding hydrogens is 375 g/mol. The molecule has 0 bridgehead atoms. The van der Waals surface area contributed by atoms with E-state index >= 15 is 0 Å². The molecule has 0 spiro atoms. The van der Waals surface area contributed by atoms with Gasteiger partial charge in [-0.15, -0.1) is 0 Å². The Kier molecular flexibility index (Phi) is 4.91. The van der Waals surface area contributed by atoms with Gasteiger partial charge in [-0.2, -0.15) is 0 Å². The van der Waals surface area contributed by atoms with Crippen molar-refractivity contribution in [2.45, 2.75) is 6.61 Å². The largest absolute Gasteiger partial charge is 0.303 e. The summed E-state index contributed by atoms with van der Waals surface area (Å²) in [7, 11) is 0.